The summed E-state index contributed by atoms with van der Waals surface area (Å²) in [5, 5.41) is 0. The number of rotatable bonds is 3. The van der Waals surface area contributed by atoms with Gasteiger partial charge in [0.15, 0.2) is 0 Å². The third-order valence-electron chi connectivity index (χ3n) is 3.50. The van der Waals surface area contributed by atoms with Gasteiger partial charge in [-0.2, -0.15) is 0 Å². The lowest BCUT2D eigenvalue weighted by molar-refractivity contribution is -0.0155. The summed E-state index contributed by atoms with van der Waals surface area (Å²) in [7, 11) is 0. The van der Waals surface area contributed by atoms with E-state index in [2.05, 4.69) is 4.90 Å². The Morgan fingerprint density at radius 2 is 1.77 bits per heavy atom. The fourth-order valence-corrected chi connectivity index (χ4v) is 2.61. The molecule has 0 aromatic carbocycles. The molecule has 0 radical (unpaired) electrons. The second-order valence-corrected chi connectivity index (χ2v) is 4.40. The third-order valence-corrected chi connectivity index (χ3v) is 3.50. The maximum Gasteiger partial charge on any atom is 0.0822 e. The highest BCUT2D eigenvalue weighted by Gasteiger charge is 2.37. The van der Waals surface area contributed by atoms with Crippen molar-refractivity contribution in [2.75, 3.05) is 26.4 Å². The van der Waals surface area contributed by atoms with Gasteiger partial charge in [-0.3, -0.25) is 4.90 Å². The van der Waals surface area contributed by atoms with Gasteiger partial charge in [-0.1, -0.05) is 0 Å². The summed E-state index contributed by atoms with van der Waals surface area (Å²) < 4.78 is 10.8. The molecule has 0 saturated carbocycles. The van der Waals surface area contributed by atoms with Crippen LogP contribution in [-0.2, 0) is 9.47 Å². The van der Waals surface area contributed by atoms with Crippen LogP contribution in [0.25, 0.3) is 0 Å². The lowest BCUT2D eigenvalue weighted by Gasteiger charge is -2.34. The Hall–Kier alpha value is -0.120. The highest BCUT2D eigenvalue weighted by Crippen LogP contribution is 2.29. The van der Waals surface area contributed by atoms with E-state index in [9.17, 15) is 0 Å². The lowest BCUT2D eigenvalue weighted by Crippen LogP contribution is -2.46. The van der Waals surface area contributed by atoms with Gasteiger partial charge < -0.3 is 9.47 Å². The second-order valence-electron chi connectivity index (χ2n) is 4.40. The molecule has 0 spiro atoms. The summed E-state index contributed by atoms with van der Waals surface area (Å²) in [4.78, 5) is 2.64. The Morgan fingerprint density at radius 3 is 2.38 bits per heavy atom. The molecule has 3 saturated heterocycles. The fraction of sp³-hybridized carbons (Fsp3) is 1.00. The van der Waals surface area contributed by atoms with Gasteiger partial charge in [0, 0.05) is 18.6 Å². The molecular weight excluding hydrogens is 166 g/mol. The first-order valence-electron chi connectivity index (χ1n) is 5.38. The summed E-state index contributed by atoms with van der Waals surface area (Å²) in [6.07, 6.45) is 4.50. The van der Waals surface area contributed by atoms with Crippen molar-refractivity contribution in [3.63, 3.8) is 0 Å². The largest absolute Gasteiger partial charge is 0.378 e. The molecule has 3 fully saturated rings. The van der Waals surface area contributed by atoms with Crippen molar-refractivity contribution < 1.29 is 9.47 Å². The van der Waals surface area contributed by atoms with E-state index in [4.69, 9.17) is 9.47 Å². The molecular formula is C10H17NO2. The van der Waals surface area contributed by atoms with Gasteiger partial charge in [0.05, 0.1) is 25.9 Å². The van der Waals surface area contributed by atoms with E-state index in [0.717, 1.165) is 31.9 Å². The third kappa shape index (κ3) is 1.60. The van der Waals surface area contributed by atoms with Gasteiger partial charge in [0.2, 0.25) is 0 Å². The maximum absolute atomic E-state index is 5.54. The number of fused-ring (bicyclic) bond motifs is 2. The number of epoxide rings is 1. The molecule has 3 heteroatoms. The van der Waals surface area contributed by atoms with Gasteiger partial charge in [0.25, 0.3) is 0 Å². The van der Waals surface area contributed by atoms with Crippen molar-refractivity contribution in [3.8, 4) is 0 Å². The van der Waals surface area contributed by atoms with E-state index < -0.39 is 0 Å². The van der Waals surface area contributed by atoms with Gasteiger partial charge in [-0.05, 0) is 19.3 Å². The number of hydrogen-bond acceptors (Lipinski definition) is 3. The molecule has 3 nitrogen and oxygen atoms in total. The standard InChI is InChI=1S/C10H17NO2/c1-2-9-6-12-5-8(1)11(9)4-3-10-7-13-10/h8-10H,1-7H2. The van der Waals surface area contributed by atoms with Crippen LogP contribution in [0.3, 0.4) is 0 Å². The first-order valence-corrected chi connectivity index (χ1v) is 5.38. The monoisotopic (exact) mass is 183 g/mol. The van der Waals surface area contributed by atoms with Gasteiger partial charge in [-0.25, -0.2) is 0 Å². The van der Waals surface area contributed by atoms with Crippen molar-refractivity contribution >= 4 is 0 Å². The maximum atomic E-state index is 5.54. The predicted molar refractivity (Wildman–Crippen MR) is 48.7 cm³/mol. The van der Waals surface area contributed by atoms with Crippen molar-refractivity contribution in [3.05, 3.63) is 0 Å². The normalized spacial score (nSPS) is 43.8. The molecule has 3 aliphatic rings. The van der Waals surface area contributed by atoms with Crippen LogP contribution in [0, 0.1) is 0 Å². The molecule has 0 aromatic rings. The zero-order valence-electron chi connectivity index (χ0n) is 7.95. The van der Waals surface area contributed by atoms with Crippen LogP contribution in [0.15, 0.2) is 0 Å². The van der Waals surface area contributed by atoms with E-state index in [-0.39, 0.29) is 0 Å². The number of hydrogen-bond donors (Lipinski definition) is 0. The first kappa shape index (κ1) is 8.21. The van der Waals surface area contributed by atoms with Crippen LogP contribution < -0.4 is 0 Å². The van der Waals surface area contributed by atoms with E-state index in [1.165, 1.54) is 25.8 Å². The highest BCUT2D eigenvalue weighted by atomic mass is 16.6. The van der Waals surface area contributed by atoms with Gasteiger partial charge in [0.1, 0.15) is 0 Å². The molecule has 3 atom stereocenters. The number of ether oxygens (including phenoxy) is 2. The van der Waals surface area contributed by atoms with E-state index in [1.807, 2.05) is 0 Å². The van der Waals surface area contributed by atoms with E-state index in [1.54, 1.807) is 0 Å². The summed E-state index contributed by atoms with van der Waals surface area (Å²) in [6, 6.07) is 1.44. The van der Waals surface area contributed by atoms with Crippen molar-refractivity contribution in [1.82, 2.24) is 4.90 Å². The minimum Gasteiger partial charge on any atom is -0.378 e. The number of morpholine rings is 1. The zero-order chi connectivity index (χ0) is 8.67. The van der Waals surface area contributed by atoms with Crippen LogP contribution in [0.2, 0.25) is 0 Å². The molecule has 0 aromatic heterocycles. The predicted octanol–water partition coefficient (Wildman–Crippen LogP) is 0.638. The summed E-state index contributed by atoms with van der Waals surface area (Å²) in [6.45, 7) is 4.15. The summed E-state index contributed by atoms with van der Waals surface area (Å²) >= 11 is 0. The van der Waals surface area contributed by atoms with Crippen LogP contribution in [-0.4, -0.2) is 49.5 Å². The molecule has 74 valence electrons. The lowest BCUT2D eigenvalue weighted by atomic mass is 10.2. The zero-order valence-corrected chi connectivity index (χ0v) is 7.95. The minimum atomic E-state index is 0.585. The van der Waals surface area contributed by atoms with Gasteiger partial charge in [-0.15, -0.1) is 0 Å². The second kappa shape index (κ2) is 3.23. The molecule has 3 aliphatic heterocycles. The smallest absolute Gasteiger partial charge is 0.0822 e. The average Bonchev–Trinajstić information content (AvgIpc) is 2.93. The quantitative estimate of drug-likeness (QED) is 0.600. The summed E-state index contributed by atoms with van der Waals surface area (Å²) in [5.74, 6) is 0. The number of nitrogens with zero attached hydrogens (tertiary/aromatic N) is 1. The van der Waals surface area contributed by atoms with Crippen LogP contribution in [0.1, 0.15) is 19.3 Å². The van der Waals surface area contributed by atoms with Crippen LogP contribution in [0.5, 0.6) is 0 Å². The molecule has 0 amide bonds. The van der Waals surface area contributed by atoms with E-state index in [0.29, 0.717) is 6.10 Å². The van der Waals surface area contributed by atoms with E-state index >= 15 is 0 Å². The molecule has 2 bridgehead atoms. The highest BCUT2D eigenvalue weighted by molar-refractivity contribution is 4.91. The first-order chi connectivity index (χ1) is 6.43. The molecule has 3 heterocycles. The Balaban J connectivity index is 1.56. The summed E-state index contributed by atoms with van der Waals surface area (Å²) in [5.41, 5.74) is 0. The van der Waals surface area contributed by atoms with Crippen molar-refractivity contribution in [2.45, 2.75) is 37.5 Å². The molecule has 3 unspecified atom stereocenters. The molecule has 0 N–H and O–H groups in total. The molecule has 0 aliphatic carbocycles. The Labute approximate surface area is 79.0 Å². The Bertz CT molecular complexity index is 177. The Kier molecular flexibility index (Phi) is 2.04. The minimum absolute atomic E-state index is 0.585. The average molecular weight is 183 g/mol. The van der Waals surface area contributed by atoms with Gasteiger partial charge >= 0.3 is 0 Å². The van der Waals surface area contributed by atoms with Crippen molar-refractivity contribution in [1.29, 1.82) is 0 Å². The topological polar surface area (TPSA) is 25.0 Å². The van der Waals surface area contributed by atoms with Crippen molar-refractivity contribution in [2.24, 2.45) is 0 Å². The van der Waals surface area contributed by atoms with Crippen LogP contribution in [0.4, 0.5) is 0 Å². The molecule has 13 heavy (non-hydrogen) atoms. The Morgan fingerprint density at radius 1 is 1.08 bits per heavy atom. The fourth-order valence-electron chi connectivity index (χ4n) is 2.61. The SMILES string of the molecule is C(CN1C2CCC1COC2)C1CO1. The van der Waals surface area contributed by atoms with Crippen LogP contribution >= 0.6 is 0 Å². The molecule has 3 rings (SSSR count).